The Bertz CT molecular complexity index is 1420. The molecule has 9 heteroatoms. The first-order chi connectivity index (χ1) is 16.3. The van der Waals surface area contributed by atoms with E-state index in [1.54, 1.807) is 18.2 Å². The summed E-state index contributed by atoms with van der Waals surface area (Å²) in [6.45, 7) is 3.21. The predicted molar refractivity (Wildman–Crippen MR) is 133 cm³/mol. The highest BCUT2D eigenvalue weighted by Crippen LogP contribution is 2.25. The van der Waals surface area contributed by atoms with Gasteiger partial charge in [-0.1, -0.05) is 36.4 Å². The Morgan fingerprint density at radius 3 is 2.21 bits per heavy atom. The highest BCUT2D eigenvalue weighted by molar-refractivity contribution is 7.92. The number of rotatable bonds is 7. The van der Waals surface area contributed by atoms with E-state index in [1.807, 2.05) is 49.4 Å². The van der Waals surface area contributed by atoms with Crippen LogP contribution in [0.1, 0.15) is 12.7 Å². The molecule has 0 saturated carbocycles. The van der Waals surface area contributed by atoms with Crippen LogP contribution < -0.4 is 15.4 Å². The first-order valence-electron chi connectivity index (χ1n) is 10.5. The summed E-state index contributed by atoms with van der Waals surface area (Å²) in [4.78, 5) is 20.2. The molecule has 0 atom stereocenters. The van der Waals surface area contributed by atoms with Gasteiger partial charge in [-0.25, -0.2) is 18.4 Å². The minimum absolute atomic E-state index is 0.0823. The molecular formula is C25H23N5O3S. The maximum Gasteiger partial charge on any atom is 0.261 e. The Morgan fingerprint density at radius 1 is 0.794 bits per heavy atom. The zero-order valence-corrected chi connectivity index (χ0v) is 19.4. The van der Waals surface area contributed by atoms with E-state index in [0.29, 0.717) is 28.7 Å². The number of amides is 1. The van der Waals surface area contributed by atoms with Gasteiger partial charge in [0.2, 0.25) is 5.91 Å². The number of nitrogens with one attached hydrogen (secondary N) is 3. The molecule has 4 rings (SSSR count). The minimum atomic E-state index is -3.81. The fraction of sp³-hybridized carbons (Fsp3) is 0.0800. The normalized spacial score (nSPS) is 11.0. The fourth-order valence-electron chi connectivity index (χ4n) is 3.33. The molecule has 0 unspecified atom stereocenters. The van der Waals surface area contributed by atoms with E-state index in [1.165, 1.54) is 31.2 Å². The first-order valence-corrected chi connectivity index (χ1v) is 12.0. The number of aryl methyl sites for hydroxylation is 1. The second kappa shape index (κ2) is 9.72. The number of sulfonamides is 1. The van der Waals surface area contributed by atoms with Crippen LogP contribution >= 0.6 is 0 Å². The molecule has 1 heterocycles. The van der Waals surface area contributed by atoms with Gasteiger partial charge in [-0.15, -0.1) is 0 Å². The van der Waals surface area contributed by atoms with Gasteiger partial charge in [0, 0.05) is 29.9 Å². The smallest absolute Gasteiger partial charge is 0.261 e. The molecule has 3 N–H and O–H groups in total. The van der Waals surface area contributed by atoms with E-state index in [-0.39, 0.29) is 10.8 Å². The lowest BCUT2D eigenvalue weighted by Crippen LogP contribution is -2.13. The molecule has 0 aliphatic rings. The van der Waals surface area contributed by atoms with Crippen LogP contribution in [-0.2, 0) is 14.8 Å². The average molecular weight is 474 g/mol. The second-order valence-corrected chi connectivity index (χ2v) is 9.25. The van der Waals surface area contributed by atoms with E-state index >= 15 is 0 Å². The topological polar surface area (TPSA) is 113 Å². The highest BCUT2D eigenvalue weighted by Gasteiger charge is 2.15. The number of aromatic nitrogens is 2. The average Bonchev–Trinajstić information content (AvgIpc) is 2.79. The van der Waals surface area contributed by atoms with Gasteiger partial charge in [0.25, 0.3) is 10.0 Å². The molecule has 0 spiro atoms. The molecular weight excluding hydrogens is 450 g/mol. The molecule has 0 radical (unpaired) electrons. The maximum absolute atomic E-state index is 12.8. The van der Waals surface area contributed by atoms with Gasteiger partial charge in [0.05, 0.1) is 16.3 Å². The summed E-state index contributed by atoms with van der Waals surface area (Å²) in [6.07, 6.45) is 0. The largest absolute Gasteiger partial charge is 0.340 e. The van der Waals surface area contributed by atoms with Gasteiger partial charge in [0.1, 0.15) is 11.6 Å². The zero-order valence-electron chi connectivity index (χ0n) is 18.6. The van der Waals surface area contributed by atoms with Gasteiger partial charge in [0.15, 0.2) is 0 Å². The quantitative estimate of drug-likeness (QED) is 0.350. The van der Waals surface area contributed by atoms with Gasteiger partial charge < -0.3 is 10.6 Å². The third-order valence-corrected chi connectivity index (χ3v) is 6.18. The molecule has 3 aromatic carbocycles. The molecule has 0 aliphatic carbocycles. The van der Waals surface area contributed by atoms with Crippen LogP contribution in [0.2, 0.25) is 0 Å². The van der Waals surface area contributed by atoms with E-state index in [2.05, 4.69) is 25.3 Å². The van der Waals surface area contributed by atoms with Crippen molar-refractivity contribution in [2.24, 2.45) is 0 Å². The Morgan fingerprint density at radius 2 is 1.50 bits per heavy atom. The number of hydrogen-bond donors (Lipinski definition) is 3. The molecule has 0 bridgehead atoms. The lowest BCUT2D eigenvalue weighted by molar-refractivity contribution is -0.114. The Balaban J connectivity index is 1.52. The van der Waals surface area contributed by atoms with Crippen molar-refractivity contribution in [3.63, 3.8) is 0 Å². The summed E-state index contributed by atoms with van der Waals surface area (Å²) < 4.78 is 28.2. The number of hydrogen-bond acceptors (Lipinski definition) is 6. The van der Waals surface area contributed by atoms with E-state index < -0.39 is 10.0 Å². The van der Waals surface area contributed by atoms with Gasteiger partial charge >= 0.3 is 0 Å². The van der Waals surface area contributed by atoms with Crippen molar-refractivity contribution in [2.45, 2.75) is 18.7 Å². The monoisotopic (exact) mass is 473 g/mol. The van der Waals surface area contributed by atoms with Gasteiger partial charge in [-0.05, 0) is 49.4 Å². The molecule has 0 aliphatic heterocycles. The third-order valence-electron chi connectivity index (χ3n) is 4.78. The fourth-order valence-corrected chi connectivity index (χ4v) is 4.38. The lowest BCUT2D eigenvalue weighted by Gasteiger charge is -2.12. The summed E-state index contributed by atoms with van der Waals surface area (Å²) >= 11 is 0. The Hall–Kier alpha value is -4.24. The molecule has 172 valence electrons. The van der Waals surface area contributed by atoms with E-state index in [9.17, 15) is 13.2 Å². The van der Waals surface area contributed by atoms with Crippen molar-refractivity contribution in [1.82, 2.24) is 9.97 Å². The first kappa shape index (κ1) is 22.9. The van der Waals surface area contributed by atoms with Crippen molar-refractivity contribution in [1.29, 1.82) is 0 Å². The lowest BCUT2D eigenvalue weighted by atomic mass is 10.1. The van der Waals surface area contributed by atoms with Crippen molar-refractivity contribution >= 4 is 38.8 Å². The van der Waals surface area contributed by atoms with Crippen LogP contribution in [0.4, 0.5) is 22.9 Å². The Kier molecular flexibility index (Phi) is 6.55. The maximum atomic E-state index is 12.8. The molecule has 0 saturated heterocycles. The van der Waals surface area contributed by atoms with Crippen LogP contribution in [0.15, 0.2) is 89.8 Å². The summed E-state index contributed by atoms with van der Waals surface area (Å²) in [5.41, 5.74) is 3.34. The zero-order chi connectivity index (χ0) is 24.1. The van der Waals surface area contributed by atoms with Crippen molar-refractivity contribution < 1.29 is 13.2 Å². The van der Waals surface area contributed by atoms with Crippen molar-refractivity contribution in [3.8, 4) is 11.3 Å². The number of carbonyl (C=O) groups excluding carboxylic acids is 1. The highest BCUT2D eigenvalue weighted by atomic mass is 32.2. The molecule has 0 fully saturated rings. The van der Waals surface area contributed by atoms with Crippen LogP contribution in [0.5, 0.6) is 0 Å². The van der Waals surface area contributed by atoms with Crippen LogP contribution in [-0.4, -0.2) is 24.3 Å². The Labute approximate surface area is 198 Å². The number of benzene rings is 3. The minimum Gasteiger partial charge on any atom is -0.340 e. The summed E-state index contributed by atoms with van der Waals surface area (Å²) in [5, 5.41) is 5.83. The van der Waals surface area contributed by atoms with E-state index in [0.717, 1.165) is 11.3 Å². The van der Waals surface area contributed by atoms with Crippen LogP contribution in [0.25, 0.3) is 11.3 Å². The summed E-state index contributed by atoms with van der Waals surface area (Å²) in [6, 6.07) is 24.5. The summed E-state index contributed by atoms with van der Waals surface area (Å²) in [5.74, 6) is 0.983. The van der Waals surface area contributed by atoms with Gasteiger partial charge in [-0.3, -0.25) is 9.52 Å². The van der Waals surface area contributed by atoms with Crippen molar-refractivity contribution in [2.75, 3.05) is 15.4 Å². The van der Waals surface area contributed by atoms with Crippen molar-refractivity contribution in [3.05, 3.63) is 90.8 Å². The van der Waals surface area contributed by atoms with Crippen LogP contribution in [0.3, 0.4) is 0 Å². The number of anilines is 4. The molecule has 8 nitrogen and oxygen atoms in total. The molecule has 1 amide bonds. The SMILES string of the molecule is CC(=O)Nc1ccc(S(=O)(=O)Nc2cccc(Nc3cc(-c4ccccc4)nc(C)n3)c2)cc1. The summed E-state index contributed by atoms with van der Waals surface area (Å²) in [7, 11) is -3.81. The van der Waals surface area contributed by atoms with E-state index in [4.69, 9.17) is 0 Å². The van der Waals surface area contributed by atoms with Crippen LogP contribution in [0, 0.1) is 6.92 Å². The molecule has 34 heavy (non-hydrogen) atoms. The third kappa shape index (κ3) is 5.76. The second-order valence-electron chi connectivity index (χ2n) is 7.57. The molecule has 1 aromatic heterocycles. The standard InChI is InChI=1S/C25H23N5O3S/c1-17-26-24(19-7-4-3-5-8-19)16-25(27-17)29-21-9-6-10-22(15-21)30-34(32,33)23-13-11-20(12-14-23)28-18(2)31/h3-16,30H,1-2H3,(H,28,31)(H,26,27,29). The number of carbonyl (C=O) groups is 1. The molecule has 4 aromatic rings. The number of nitrogens with zero attached hydrogens (tertiary/aromatic N) is 2. The predicted octanol–water partition coefficient (Wildman–Crippen LogP) is 4.95. The van der Waals surface area contributed by atoms with Gasteiger partial charge in [-0.2, -0.15) is 0 Å².